The molecule has 10 saturated heterocycles. The van der Waals surface area contributed by atoms with E-state index in [2.05, 4.69) is 21.3 Å². The molecule has 10 rings (SSSR count). The zero-order valence-corrected chi connectivity index (χ0v) is 65.7. The SMILES string of the molecule is CC(=O)N[C@@H]1[C@H](O[C@@H]2[C@@H](O[C@@H]3[C@H](O)[C@H](O[C@H]4[C@H](O)[C@@H](NC(C)=O)[C@H](O[C@H]5[C@H](O)[C@@H](NC(C)=O)C(O)O[C@@H]5CO[C@@H]5O[C@@H](C)[C@@H](O)[C@@H](O)[C@@H]5O)O[C@@H]4CO)O[C@H](CO[C@H]4O[C@H](CO)[C@@H](O)[C@H](O)[C@@H]4O[C@@H]4O[C@H](CO)[C@@H](O[C@@H]5O[C@H](CO)[C@H](O)[C@H](O)[C@H]5O)[C@H](O)[C@H]4NC(C)=O)[C@H]3O)O[C@H](CO)[C@@H](O)[C@@H]2O)O[C@H](CO)[C@@H](O)[C@@H]1O[C@@H]1O[C@H](CO)[C@H](O)[C@H](O)[C@H]1O. The Bertz CT molecular complexity index is 3290. The van der Waals surface area contributed by atoms with Crippen molar-refractivity contribution in [2.45, 2.75) is 341 Å². The monoisotopic (exact) mass is 1790 g/mol. The third-order valence-electron chi connectivity index (χ3n) is 22.4. The molecule has 31 N–H and O–H groups in total. The Balaban J connectivity index is 0.993. The third-order valence-corrected chi connectivity index (χ3v) is 22.4. The lowest BCUT2D eigenvalue weighted by molar-refractivity contribution is -0.399. The van der Waals surface area contributed by atoms with Gasteiger partial charge in [-0.05, 0) is 6.92 Å². The maximum absolute atomic E-state index is 13.3. The molecule has 50 atom stereocenters. The minimum absolute atomic E-state index is 0.847. The Morgan fingerprint density at radius 1 is 0.230 bits per heavy atom. The van der Waals surface area contributed by atoms with Crippen molar-refractivity contribution >= 4 is 23.6 Å². The average Bonchev–Trinajstić information content (AvgIpc) is 0.759. The summed E-state index contributed by atoms with van der Waals surface area (Å²) in [5, 5.41) is 311. The summed E-state index contributed by atoms with van der Waals surface area (Å²) < 4.78 is 113. The molecule has 0 aromatic rings. The molecule has 0 aromatic carbocycles. The molecule has 1 unspecified atom stereocenters. The van der Waals surface area contributed by atoms with E-state index in [0.717, 1.165) is 27.7 Å². The molecule has 122 heavy (non-hydrogen) atoms. The van der Waals surface area contributed by atoms with Gasteiger partial charge in [0.1, 0.15) is 238 Å². The second-order valence-corrected chi connectivity index (χ2v) is 31.0. The van der Waals surface area contributed by atoms with Gasteiger partial charge in [0.15, 0.2) is 62.9 Å². The highest BCUT2D eigenvalue weighted by Gasteiger charge is 2.62. The molecular formula is C68H114N4O50. The average molecular weight is 1790 g/mol. The molecule has 706 valence electrons. The van der Waals surface area contributed by atoms with Crippen LogP contribution in [0, 0.1) is 0 Å². The minimum atomic E-state index is -2.64. The predicted molar refractivity (Wildman–Crippen MR) is 375 cm³/mol. The summed E-state index contributed by atoms with van der Waals surface area (Å²) >= 11 is 0. The summed E-state index contributed by atoms with van der Waals surface area (Å²) in [6.45, 7) is -4.89. The minimum Gasteiger partial charge on any atom is -0.394 e. The second kappa shape index (κ2) is 43.6. The van der Waals surface area contributed by atoms with E-state index >= 15 is 0 Å². The van der Waals surface area contributed by atoms with Crippen molar-refractivity contribution < 1.29 is 247 Å². The van der Waals surface area contributed by atoms with Crippen molar-refractivity contribution in [3.8, 4) is 0 Å². The fourth-order valence-electron chi connectivity index (χ4n) is 15.8. The Morgan fingerprint density at radius 3 is 0.975 bits per heavy atom. The van der Waals surface area contributed by atoms with E-state index in [-0.39, 0.29) is 0 Å². The van der Waals surface area contributed by atoms with Crippen molar-refractivity contribution in [3.05, 3.63) is 0 Å². The van der Waals surface area contributed by atoms with Crippen LogP contribution in [0.25, 0.3) is 0 Å². The van der Waals surface area contributed by atoms with Gasteiger partial charge in [0.25, 0.3) is 0 Å². The fraction of sp³-hybridized carbons (Fsp3) is 0.941. The standard InChI is InChI=1S/C68H114N4O50/c1-15-33(84)43(94)48(99)63(106-15)104-14-28-54(40(91)29(59(103)107-28)69-16(2)80)116-60-30(70-17(3)81)41(92)53(26(12-79)113-60)118-66-51(102)56(120-68-58(47(98)37(88)23(9-76)112-68)122-62-32(72-19(5)83)55(38(89)24(10-77)108-62)119-65-50(101)45(96)35(86)21(7-74)110-65)39(90)27(115-66)13-105-67-57(46(97)36(87)22(8-75)111-67)121-61-31(71-18(4)82)42(93)52(25(11-78)114-61)117-64-49(100)44(95)34(85)20(6-73)109-64/h15,20-68,73-79,84-103H,6-14H2,1-5H3,(H,69,80)(H,70,81)(H,71,82)(H,72,83)/t15-,20+,21+,22+,23+,24+,25+,26+,27+,28+,29+,30+,31+,32-,33+,34-,35-,36+,37+,38+,39+,40+,41+,42+,43+,44-,45-,46-,47-,48-,49+,50+,51-,52+,53+,54+,55+,56-,57-,58-,59?,60-,61-,62-,63+,64-,65-,66-,67-,68+/m0/s1. The number of rotatable bonds is 31. The lowest BCUT2D eigenvalue weighted by Gasteiger charge is -2.51. The van der Waals surface area contributed by atoms with Crippen molar-refractivity contribution in [2.24, 2.45) is 0 Å². The molecule has 0 radical (unpaired) electrons. The highest BCUT2D eigenvalue weighted by Crippen LogP contribution is 2.41. The van der Waals surface area contributed by atoms with E-state index in [1.807, 2.05) is 0 Å². The largest absolute Gasteiger partial charge is 0.394 e. The van der Waals surface area contributed by atoms with E-state index in [0.29, 0.717) is 0 Å². The summed E-state index contributed by atoms with van der Waals surface area (Å²) in [5.41, 5.74) is 0. The first-order valence-electron chi connectivity index (χ1n) is 39.0. The molecule has 54 nitrogen and oxygen atoms in total. The van der Waals surface area contributed by atoms with Crippen LogP contribution in [0.2, 0.25) is 0 Å². The molecule has 0 bridgehead atoms. The number of nitrogens with one attached hydrogen (secondary N) is 4. The summed E-state index contributed by atoms with van der Waals surface area (Å²) in [7, 11) is 0. The van der Waals surface area contributed by atoms with Crippen molar-refractivity contribution in [2.75, 3.05) is 59.5 Å². The first kappa shape index (κ1) is 100. The molecule has 0 aromatic heterocycles. The Hall–Kier alpha value is -3.96. The molecule has 10 fully saturated rings. The van der Waals surface area contributed by atoms with Gasteiger partial charge in [0.2, 0.25) is 23.6 Å². The van der Waals surface area contributed by atoms with Crippen LogP contribution in [-0.2, 0) is 109 Å². The summed E-state index contributed by atoms with van der Waals surface area (Å²) in [5.74, 6) is -3.77. The molecular weight excluding hydrogens is 1670 g/mol. The zero-order chi connectivity index (χ0) is 89.8. The predicted octanol–water partition coefficient (Wildman–Crippen LogP) is -21.2. The number of carbonyl (C=O) groups is 4. The molecule has 0 spiro atoms. The number of carbonyl (C=O) groups excluding carboxylic acids is 4. The van der Waals surface area contributed by atoms with Crippen LogP contribution in [0.15, 0.2) is 0 Å². The summed E-state index contributed by atoms with van der Waals surface area (Å²) in [4.78, 5) is 51.8. The van der Waals surface area contributed by atoms with Gasteiger partial charge >= 0.3 is 0 Å². The van der Waals surface area contributed by atoms with Crippen LogP contribution in [0.1, 0.15) is 34.6 Å². The zero-order valence-electron chi connectivity index (χ0n) is 65.7. The maximum atomic E-state index is 13.3. The number of aliphatic hydroxyl groups excluding tert-OH is 27. The van der Waals surface area contributed by atoms with Gasteiger partial charge in [0, 0.05) is 27.7 Å². The Labute approximate surface area is 691 Å². The van der Waals surface area contributed by atoms with Crippen LogP contribution < -0.4 is 21.3 Å². The third kappa shape index (κ3) is 22.0. The lowest BCUT2D eigenvalue weighted by Crippen LogP contribution is -2.71. The first-order valence-corrected chi connectivity index (χ1v) is 39.0. The van der Waals surface area contributed by atoms with E-state index in [9.17, 15) is 157 Å². The van der Waals surface area contributed by atoms with Crippen LogP contribution in [0.4, 0.5) is 0 Å². The molecule has 10 heterocycles. The van der Waals surface area contributed by atoms with E-state index in [4.69, 9.17) is 90.0 Å². The lowest BCUT2D eigenvalue weighted by atomic mass is 9.93. The van der Waals surface area contributed by atoms with Gasteiger partial charge in [-0.2, -0.15) is 0 Å². The normalized spacial score (nSPS) is 49.7. The van der Waals surface area contributed by atoms with Crippen LogP contribution in [0.3, 0.4) is 0 Å². The van der Waals surface area contributed by atoms with Crippen molar-refractivity contribution in [1.82, 2.24) is 21.3 Å². The topological polar surface area (TPSA) is 838 Å². The van der Waals surface area contributed by atoms with Crippen LogP contribution in [0.5, 0.6) is 0 Å². The van der Waals surface area contributed by atoms with Gasteiger partial charge in [-0.15, -0.1) is 0 Å². The molecule has 0 saturated carbocycles. The summed E-state index contributed by atoms with van der Waals surface area (Å²) in [6, 6.07) is -7.69. The van der Waals surface area contributed by atoms with E-state index in [1.54, 1.807) is 0 Å². The highest BCUT2D eigenvalue weighted by molar-refractivity contribution is 5.74. The summed E-state index contributed by atoms with van der Waals surface area (Å²) in [6.07, 6.45) is -95.7. The first-order chi connectivity index (χ1) is 57.7. The Morgan fingerprint density at radius 2 is 0.516 bits per heavy atom. The number of amides is 4. The molecule has 54 heteroatoms. The van der Waals surface area contributed by atoms with Gasteiger partial charge in [0.05, 0.1) is 65.6 Å². The smallest absolute Gasteiger partial charge is 0.217 e. The number of aliphatic hydroxyl groups is 27. The van der Waals surface area contributed by atoms with Crippen LogP contribution >= 0.6 is 0 Å². The fourth-order valence-corrected chi connectivity index (χ4v) is 15.8. The van der Waals surface area contributed by atoms with E-state index < -0.39 is 390 Å². The van der Waals surface area contributed by atoms with Crippen molar-refractivity contribution in [3.63, 3.8) is 0 Å². The Kier molecular flexibility index (Phi) is 35.8. The van der Waals surface area contributed by atoms with Crippen LogP contribution in [-0.4, -0.2) is 528 Å². The maximum Gasteiger partial charge on any atom is 0.217 e. The molecule has 0 aliphatic carbocycles. The second-order valence-electron chi connectivity index (χ2n) is 31.0. The van der Waals surface area contributed by atoms with Gasteiger partial charge in [-0.25, -0.2) is 0 Å². The quantitative estimate of drug-likeness (QED) is 0.0306. The molecule has 4 amide bonds. The van der Waals surface area contributed by atoms with Gasteiger partial charge in [-0.1, -0.05) is 0 Å². The highest BCUT2D eigenvalue weighted by atomic mass is 16.8. The van der Waals surface area contributed by atoms with Crippen molar-refractivity contribution in [1.29, 1.82) is 0 Å². The van der Waals surface area contributed by atoms with Gasteiger partial charge < -0.3 is 249 Å². The van der Waals surface area contributed by atoms with Gasteiger partial charge in [-0.3, -0.25) is 19.2 Å². The number of hydrogen-bond donors (Lipinski definition) is 31. The molecule has 10 aliphatic rings. The molecule has 10 aliphatic heterocycles. The van der Waals surface area contributed by atoms with E-state index in [1.165, 1.54) is 6.92 Å². The number of ether oxygens (including phenoxy) is 19. The number of hydrogen-bond acceptors (Lipinski definition) is 50.